The standard InChI is InChI=1S/C21H21FN4O/c1-5-18-19(15-7-6-13(2)23-11-15)20(25-12-24-18)14-8-9-16(17(22)10-14)21(27)26(3)4/h6-12H,5H2,1-4H3. The first-order valence-corrected chi connectivity index (χ1v) is 8.70. The summed E-state index contributed by atoms with van der Waals surface area (Å²) in [6, 6.07) is 8.45. The maximum Gasteiger partial charge on any atom is 0.256 e. The van der Waals surface area contributed by atoms with Crippen LogP contribution >= 0.6 is 0 Å². The van der Waals surface area contributed by atoms with Gasteiger partial charge in [-0.05, 0) is 31.5 Å². The van der Waals surface area contributed by atoms with Gasteiger partial charge in [-0.15, -0.1) is 0 Å². The summed E-state index contributed by atoms with van der Waals surface area (Å²) >= 11 is 0. The van der Waals surface area contributed by atoms with Crippen LogP contribution in [0, 0.1) is 12.7 Å². The van der Waals surface area contributed by atoms with Crippen LogP contribution in [-0.4, -0.2) is 39.9 Å². The van der Waals surface area contributed by atoms with Gasteiger partial charge in [0.25, 0.3) is 5.91 Å². The molecule has 1 aromatic carbocycles. The van der Waals surface area contributed by atoms with Crippen LogP contribution < -0.4 is 0 Å². The van der Waals surface area contributed by atoms with Crippen molar-refractivity contribution in [3.8, 4) is 22.4 Å². The van der Waals surface area contributed by atoms with Crippen LogP contribution in [0.15, 0.2) is 42.9 Å². The number of carbonyl (C=O) groups excluding carboxylic acids is 1. The van der Waals surface area contributed by atoms with Crippen LogP contribution in [0.3, 0.4) is 0 Å². The largest absolute Gasteiger partial charge is 0.345 e. The maximum absolute atomic E-state index is 14.6. The number of hydrogen-bond donors (Lipinski definition) is 0. The number of amides is 1. The molecule has 1 amide bonds. The molecular formula is C21H21FN4O. The highest BCUT2D eigenvalue weighted by atomic mass is 19.1. The molecule has 2 heterocycles. The summed E-state index contributed by atoms with van der Waals surface area (Å²) in [6.07, 6.45) is 3.96. The minimum absolute atomic E-state index is 0.0343. The van der Waals surface area contributed by atoms with Crippen LogP contribution in [0.1, 0.15) is 28.7 Å². The maximum atomic E-state index is 14.6. The SMILES string of the molecule is CCc1ncnc(-c2ccc(C(=O)N(C)C)c(F)c2)c1-c1ccc(C)nc1. The molecule has 0 radical (unpaired) electrons. The van der Waals surface area contributed by atoms with Gasteiger partial charge in [0, 0.05) is 42.7 Å². The number of aromatic nitrogens is 3. The summed E-state index contributed by atoms with van der Waals surface area (Å²) in [5, 5.41) is 0. The van der Waals surface area contributed by atoms with Gasteiger partial charge in [-0.2, -0.15) is 0 Å². The Morgan fingerprint density at radius 1 is 1.07 bits per heavy atom. The van der Waals surface area contributed by atoms with Crippen molar-refractivity contribution in [3.05, 3.63) is 65.6 Å². The summed E-state index contributed by atoms with van der Waals surface area (Å²) in [4.78, 5) is 26.6. The quantitative estimate of drug-likeness (QED) is 0.704. The minimum atomic E-state index is -0.573. The molecule has 0 bridgehead atoms. The summed E-state index contributed by atoms with van der Waals surface area (Å²) in [5.74, 6) is -0.949. The minimum Gasteiger partial charge on any atom is -0.345 e. The van der Waals surface area contributed by atoms with E-state index in [9.17, 15) is 9.18 Å². The zero-order valence-electron chi connectivity index (χ0n) is 15.8. The van der Waals surface area contributed by atoms with E-state index in [1.807, 2.05) is 26.0 Å². The molecule has 138 valence electrons. The van der Waals surface area contributed by atoms with E-state index in [-0.39, 0.29) is 11.5 Å². The Hall–Kier alpha value is -3.15. The summed E-state index contributed by atoms with van der Waals surface area (Å²) in [7, 11) is 3.19. The second-order valence-corrected chi connectivity index (χ2v) is 6.48. The van der Waals surface area contributed by atoms with Crippen LogP contribution in [0.2, 0.25) is 0 Å². The van der Waals surface area contributed by atoms with E-state index in [4.69, 9.17) is 0 Å². The smallest absolute Gasteiger partial charge is 0.256 e. The first-order chi connectivity index (χ1) is 12.9. The van der Waals surface area contributed by atoms with Crippen molar-refractivity contribution in [3.63, 3.8) is 0 Å². The number of hydrogen-bond acceptors (Lipinski definition) is 4. The first kappa shape index (κ1) is 18.6. The lowest BCUT2D eigenvalue weighted by atomic mass is 9.96. The van der Waals surface area contributed by atoms with E-state index in [0.29, 0.717) is 17.7 Å². The van der Waals surface area contributed by atoms with Crippen molar-refractivity contribution >= 4 is 5.91 Å². The van der Waals surface area contributed by atoms with E-state index < -0.39 is 5.82 Å². The lowest BCUT2D eigenvalue weighted by molar-refractivity contribution is 0.0823. The molecular weight excluding hydrogens is 343 g/mol. The number of pyridine rings is 1. The average molecular weight is 364 g/mol. The van der Waals surface area contributed by atoms with Gasteiger partial charge in [0.2, 0.25) is 0 Å². The fraction of sp³-hybridized carbons (Fsp3) is 0.238. The first-order valence-electron chi connectivity index (χ1n) is 8.70. The van der Waals surface area contributed by atoms with Gasteiger partial charge in [0.1, 0.15) is 12.1 Å². The lowest BCUT2D eigenvalue weighted by Gasteiger charge is -2.14. The predicted octanol–water partition coefficient (Wildman–Crippen LogP) is 3.92. The zero-order chi connectivity index (χ0) is 19.6. The predicted molar refractivity (Wildman–Crippen MR) is 103 cm³/mol. The molecule has 0 saturated heterocycles. The number of halogens is 1. The molecule has 3 aromatic rings. The van der Waals surface area contributed by atoms with Crippen molar-refractivity contribution in [2.24, 2.45) is 0 Å². The van der Waals surface area contributed by atoms with E-state index in [1.54, 1.807) is 26.4 Å². The summed E-state index contributed by atoms with van der Waals surface area (Å²) in [5.41, 5.74) is 4.73. The van der Waals surface area contributed by atoms with Gasteiger partial charge in [0.15, 0.2) is 0 Å². The van der Waals surface area contributed by atoms with Crippen molar-refractivity contribution < 1.29 is 9.18 Å². The Morgan fingerprint density at radius 2 is 1.81 bits per heavy atom. The molecule has 0 aliphatic heterocycles. The fourth-order valence-corrected chi connectivity index (χ4v) is 2.90. The Balaban J connectivity index is 2.16. The molecule has 5 nitrogen and oxygen atoms in total. The van der Waals surface area contributed by atoms with Gasteiger partial charge < -0.3 is 4.90 Å². The van der Waals surface area contributed by atoms with Crippen LogP contribution in [0.5, 0.6) is 0 Å². The van der Waals surface area contributed by atoms with Crippen LogP contribution in [0.25, 0.3) is 22.4 Å². The molecule has 0 aliphatic rings. The van der Waals surface area contributed by atoms with Gasteiger partial charge >= 0.3 is 0 Å². The third-order valence-electron chi connectivity index (χ3n) is 4.34. The summed E-state index contributed by atoms with van der Waals surface area (Å²) in [6.45, 7) is 3.93. The fourth-order valence-electron chi connectivity index (χ4n) is 2.90. The normalized spacial score (nSPS) is 10.7. The van der Waals surface area contributed by atoms with E-state index in [0.717, 1.165) is 22.5 Å². The van der Waals surface area contributed by atoms with Gasteiger partial charge in [-0.3, -0.25) is 9.78 Å². The summed E-state index contributed by atoms with van der Waals surface area (Å²) < 4.78 is 14.6. The van der Waals surface area contributed by atoms with Crippen molar-refractivity contribution in [1.29, 1.82) is 0 Å². The molecule has 0 aliphatic carbocycles. The van der Waals surface area contributed by atoms with Crippen molar-refractivity contribution in [2.45, 2.75) is 20.3 Å². The number of benzene rings is 1. The lowest BCUT2D eigenvalue weighted by Crippen LogP contribution is -2.22. The number of nitrogens with zero attached hydrogens (tertiary/aromatic N) is 4. The molecule has 0 spiro atoms. The molecule has 6 heteroatoms. The number of aryl methyl sites for hydroxylation is 2. The van der Waals surface area contributed by atoms with Crippen LogP contribution in [-0.2, 0) is 6.42 Å². The topological polar surface area (TPSA) is 59.0 Å². The Kier molecular flexibility index (Phi) is 5.26. The number of rotatable bonds is 4. The highest BCUT2D eigenvalue weighted by Gasteiger charge is 2.18. The molecule has 0 N–H and O–H groups in total. The molecule has 3 rings (SSSR count). The zero-order valence-corrected chi connectivity index (χ0v) is 15.8. The Labute approximate surface area is 157 Å². The number of carbonyl (C=O) groups is 1. The molecule has 0 unspecified atom stereocenters. The van der Waals surface area contributed by atoms with Crippen molar-refractivity contribution in [1.82, 2.24) is 19.9 Å². The Bertz CT molecular complexity index is 984. The van der Waals surface area contributed by atoms with E-state index in [1.165, 1.54) is 23.4 Å². The van der Waals surface area contributed by atoms with E-state index in [2.05, 4.69) is 15.0 Å². The third kappa shape index (κ3) is 3.69. The molecule has 2 aromatic heterocycles. The van der Waals surface area contributed by atoms with Gasteiger partial charge in [-0.1, -0.05) is 19.1 Å². The third-order valence-corrected chi connectivity index (χ3v) is 4.34. The molecule has 0 saturated carbocycles. The van der Waals surface area contributed by atoms with Gasteiger partial charge in [0.05, 0.1) is 17.0 Å². The van der Waals surface area contributed by atoms with Crippen LogP contribution in [0.4, 0.5) is 4.39 Å². The van der Waals surface area contributed by atoms with E-state index >= 15 is 0 Å². The molecule has 0 atom stereocenters. The average Bonchev–Trinajstić information content (AvgIpc) is 2.67. The second-order valence-electron chi connectivity index (χ2n) is 6.48. The molecule has 27 heavy (non-hydrogen) atoms. The second kappa shape index (κ2) is 7.61. The molecule has 0 fully saturated rings. The highest BCUT2D eigenvalue weighted by molar-refractivity contribution is 5.95. The van der Waals surface area contributed by atoms with Gasteiger partial charge in [-0.25, -0.2) is 14.4 Å². The van der Waals surface area contributed by atoms with Crippen molar-refractivity contribution in [2.75, 3.05) is 14.1 Å². The monoisotopic (exact) mass is 364 g/mol. The highest BCUT2D eigenvalue weighted by Crippen LogP contribution is 2.33. The Morgan fingerprint density at radius 3 is 2.41 bits per heavy atom.